The molecule has 0 aliphatic rings. The maximum atomic E-state index is 12.6. The van der Waals surface area contributed by atoms with Crippen molar-refractivity contribution in [3.63, 3.8) is 0 Å². The van der Waals surface area contributed by atoms with Crippen LogP contribution in [0.2, 0.25) is 0 Å². The van der Waals surface area contributed by atoms with Gasteiger partial charge >= 0.3 is 19.8 Å². The number of phosphoric acid groups is 1. The molecular formula is C44H81NO9P+. The molecule has 1 unspecified atom stereocenters. The quantitative estimate of drug-likeness (QED) is 0.0157. The van der Waals surface area contributed by atoms with E-state index in [9.17, 15) is 24.2 Å². The fourth-order valence-electron chi connectivity index (χ4n) is 5.53. The van der Waals surface area contributed by atoms with Gasteiger partial charge in [0.1, 0.15) is 19.8 Å². The van der Waals surface area contributed by atoms with E-state index in [2.05, 4.69) is 26.0 Å². The van der Waals surface area contributed by atoms with Gasteiger partial charge in [-0.15, -0.1) is 0 Å². The van der Waals surface area contributed by atoms with Crippen molar-refractivity contribution in [1.82, 2.24) is 0 Å². The molecule has 0 aromatic rings. The van der Waals surface area contributed by atoms with Gasteiger partial charge in [-0.05, 0) is 38.5 Å². The third-order valence-electron chi connectivity index (χ3n) is 8.97. The van der Waals surface area contributed by atoms with Crippen LogP contribution in [0.1, 0.15) is 162 Å². The van der Waals surface area contributed by atoms with Gasteiger partial charge in [0.2, 0.25) is 0 Å². The summed E-state index contributed by atoms with van der Waals surface area (Å²) in [7, 11) is 1.41. The zero-order valence-electron chi connectivity index (χ0n) is 35.5. The minimum Gasteiger partial charge on any atom is -0.462 e. The van der Waals surface area contributed by atoms with Gasteiger partial charge in [-0.25, -0.2) is 4.57 Å². The van der Waals surface area contributed by atoms with Crippen molar-refractivity contribution in [2.24, 2.45) is 0 Å². The summed E-state index contributed by atoms with van der Waals surface area (Å²) in [5.41, 5.74) is 0. The van der Waals surface area contributed by atoms with E-state index in [1.165, 1.54) is 64.2 Å². The molecule has 0 saturated carbocycles. The average Bonchev–Trinajstić information content (AvgIpc) is 3.12. The lowest BCUT2D eigenvalue weighted by Gasteiger charge is -2.24. The van der Waals surface area contributed by atoms with Gasteiger partial charge in [-0.3, -0.25) is 18.6 Å². The molecule has 0 amide bonds. The molecule has 0 aromatic heterocycles. The first-order valence-corrected chi connectivity index (χ1v) is 23.0. The molecule has 0 aliphatic heterocycles. The zero-order chi connectivity index (χ0) is 40.9. The Morgan fingerprint density at radius 3 is 1.82 bits per heavy atom. The number of unbranched alkanes of at least 4 members (excludes halogenated alkanes) is 15. The van der Waals surface area contributed by atoms with Crippen LogP contribution in [0.25, 0.3) is 0 Å². The molecular weight excluding hydrogens is 717 g/mol. The molecule has 0 aromatic carbocycles. The number of phosphoric ester groups is 1. The second-order valence-electron chi connectivity index (χ2n) is 15.6. The van der Waals surface area contributed by atoms with Gasteiger partial charge in [0, 0.05) is 12.8 Å². The van der Waals surface area contributed by atoms with E-state index in [1.54, 1.807) is 0 Å². The summed E-state index contributed by atoms with van der Waals surface area (Å²) in [5.74, 6) is -0.891. The summed E-state index contributed by atoms with van der Waals surface area (Å²) in [6, 6.07) is 0. The van der Waals surface area contributed by atoms with Crippen LogP contribution in [-0.2, 0) is 32.7 Å². The second-order valence-corrected chi connectivity index (χ2v) is 17.0. The van der Waals surface area contributed by atoms with Crippen molar-refractivity contribution in [2.75, 3.05) is 47.5 Å². The Morgan fingerprint density at radius 1 is 0.655 bits per heavy atom. The molecule has 320 valence electrons. The van der Waals surface area contributed by atoms with Crippen LogP contribution in [0.3, 0.4) is 0 Å². The molecule has 0 spiro atoms. The lowest BCUT2D eigenvalue weighted by Crippen LogP contribution is -2.37. The van der Waals surface area contributed by atoms with Crippen molar-refractivity contribution in [3.05, 3.63) is 48.6 Å². The third kappa shape index (κ3) is 39.9. The highest BCUT2D eigenvalue weighted by molar-refractivity contribution is 7.47. The Kier molecular flexibility index (Phi) is 34.9. The largest absolute Gasteiger partial charge is 0.472 e. The van der Waals surface area contributed by atoms with E-state index in [1.807, 2.05) is 57.6 Å². The number of aliphatic hydroxyl groups excluding tert-OH is 1. The molecule has 0 bridgehead atoms. The van der Waals surface area contributed by atoms with Crippen molar-refractivity contribution in [1.29, 1.82) is 0 Å². The summed E-state index contributed by atoms with van der Waals surface area (Å²) < 4.78 is 34.2. The van der Waals surface area contributed by atoms with Crippen LogP contribution in [0, 0.1) is 0 Å². The lowest BCUT2D eigenvalue weighted by molar-refractivity contribution is -0.870. The number of esters is 2. The first-order valence-electron chi connectivity index (χ1n) is 21.5. The summed E-state index contributed by atoms with van der Waals surface area (Å²) in [4.78, 5) is 35.3. The molecule has 0 radical (unpaired) electrons. The van der Waals surface area contributed by atoms with Crippen LogP contribution < -0.4 is 0 Å². The number of likely N-dealkylation sites (N-methyl/N-ethyl adjacent to an activating group) is 1. The number of carbonyl (C=O) groups excluding carboxylic acids is 2. The van der Waals surface area contributed by atoms with Gasteiger partial charge in [-0.1, -0.05) is 159 Å². The fraction of sp³-hybridized carbons (Fsp3) is 0.773. The van der Waals surface area contributed by atoms with E-state index in [0.717, 1.165) is 57.8 Å². The highest BCUT2D eigenvalue weighted by Crippen LogP contribution is 2.43. The Morgan fingerprint density at radius 2 is 1.20 bits per heavy atom. The molecule has 3 atom stereocenters. The summed E-state index contributed by atoms with van der Waals surface area (Å²) >= 11 is 0. The van der Waals surface area contributed by atoms with Crippen molar-refractivity contribution in [3.8, 4) is 0 Å². The number of aliphatic hydroxyl groups is 1. The lowest BCUT2D eigenvalue weighted by atomic mass is 10.0. The Bertz CT molecular complexity index is 1100. The summed E-state index contributed by atoms with van der Waals surface area (Å²) in [6.45, 7) is 4.21. The monoisotopic (exact) mass is 799 g/mol. The minimum absolute atomic E-state index is 0.0128. The molecule has 0 rings (SSSR count). The number of carbonyl (C=O) groups is 2. The average molecular weight is 799 g/mol. The predicted octanol–water partition coefficient (Wildman–Crippen LogP) is 10.9. The zero-order valence-corrected chi connectivity index (χ0v) is 36.4. The van der Waals surface area contributed by atoms with Gasteiger partial charge in [0.05, 0.1) is 33.9 Å². The number of ether oxygens (including phenoxy) is 2. The fourth-order valence-corrected chi connectivity index (χ4v) is 6.27. The highest BCUT2D eigenvalue weighted by atomic mass is 31.2. The predicted molar refractivity (Wildman–Crippen MR) is 226 cm³/mol. The number of rotatable bonds is 38. The van der Waals surface area contributed by atoms with Crippen LogP contribution in [0.4, 0.5) is 0 Å². The molecule has 0 aliphatic carbocycles. The topological polar surface area (TPSA) is 129 Å². The summed E-state index contributed by atoms with van der Waals surface area (Å²) in [5, 5.41) is 9.90. The Labute approximate surface area is 336 Å². The van der Waals surface area contributed by atoms with E-state index in [4.69, 9.17) is 18.5 Å². The molecule has 0 saturated heterocycles. The first-order chi connectivity index (χ1) is 26.4. The minimum atomic E-state index is -4.40. The molecule has 0 fully saturated rings. The van der Waals surface area contributed by atoms with Crippen molar-refractivity contribution >= 4 is 19.8 Å². The Hall–Kier alpha value is -2.07. The molecule has 10 nitrogen and oxygen atoms in total. The number of allylic oxidation sites excluding steroid dienone is 7. The number of nitrogens with zero attached hydrogens (tertiary/aromatic N) is 1. The van der Waals surface area contributed by atoms with Crippen molar-refractivity contribution < 1.29 is 47.2 Å². The number of quaternary nitrogens is 1. The van der Waals surface area contributed by atoms with Crippen LogP contribution in [0.15, 0.2) is 48.6 Å². The third-order valence-corrected chi connectivity index (χ3v) is 9.95. The van der Waals surface area contributed by atoms with Gasteiger partial charge in [-0.2, -0.15) is 0 Å². The maximum Gasteiger partial charge on any atom is 0.472 e. The Balaban J connectivity index is 4.52. The first kappa shape index (κ1) is 52.9. The standard InChI is InChI=1S/C44H80NO9P/c1-6-8-10-11-12-13-14-15-18-21-24-27-31-35-43(47)51-39-42(40-53-55(49,50)52-38-37-45(3,4)5)54-44(48)36-32-28-25-22-19-16-17-20-23-26-30-34-41(46)33-29-9-7-2/h16-17,22-23,25-26,30,34,41-42,46H,6-15,18-21,24,27-29,31-33,35-40H2,1-5H3/p+1/b17-16+,25-22-,26-23+,34-30+/t41-,42+/m0/s1. The van der Waals surface area contributed by atoms with E-state index in [0.29, 0.717) is 23.9 Å². The molecule has 55 heavy (non-hydrogen) atoms. The van der Waals surface area contributed by atoms with Crippen LogP contribution in [-0.4, -0.2) is 86.1 Å². The van der Waals surface area contributed by atoms with Gasteiger partial charge in [0.15, 0.2) is 6.10 Å². The van der Waals surface area contributed by atoms with E-state index >= 15 is 0 Å². The van der Waals surface area contributed by atoms with Gasteiger partial charge < -0.3 is 24.0 Å². The SMILES string of the molecule is CCCCCCCCCCCCCCCC(=O)OC[C@H](COP(=O)(O)OCC[N+](C)(C)C)OC(=O)CCC/C=C\C/C=C/C/C=C/C=C/[C@@H](O)CCCCC. The number of hydrogen-bond acceptors (Lipinski definition) is 8. The van der Waals surface area contributed by atoms with Crippen LogP contribution in [0.5, 0.6) is 0 Å². The van der Waals surface area contributed by atoms with Gasteiger partial charge in [0.25, 0.3) is 0 Å². The highest BCUT2D eigenvalue weighted by Gasteiger charge is 2.27. The van der Waals surface area contributed by atoms with Crippen molar-refractivity contribution in [2.45, 2.75) is 174 Å². The summed E-state index contributed by atoms with van der Waals surface area (Å²) in [6.07, 6.45) is 37.7. The molecule has 11 heteroatoms. The molecule has 0 heterocycles. The molecule has 2 N–H and O–H groups in total. The normalized spacial score (nSPS) is 14.7. The van der Waals surface area contributed by atoms with Crippen LogP contribution >= 0.6 is 7.82 Å². The number of hydrogen-bond donors (Lipinski definition) is 2. The second kappa shape index (κ2) is 36.3. The maximum absolute atomic E-state index is 12.6. The van der Waals surface area contributed by atoms with E-state index in [-0.39, 0.29) is 32.2 Å². The smallest absolute Gasteiger partial charge is 0.462 e. The van der Waals surface area contributed by atoms with E-state index < -0.39 is 32.5 Å².